The predicted molar refractivity (Wildman–Crippen MR) is 74.5 cm³/mol. The van der Waals surface area contributed by atoms with E-state index < -0.39 is 10.1 Å². The van der Waals surface area contributed by atoms with Crippen LogP contribution >= 0.6 is 0 Å². The van der Waals surface area contributed by atoms with E-state index in [4.69, 9.17) is 4.18 Å². The number of benzene rings is 2. The second-order valence-electron chi connectivity index (χ2n) is 3.75. The number of rotatable bonds is 4. The van der Waals surface area contributed by atoms with Crippen molar-refractivity contribution in [1.82, 2.24) is 0 Å². The summed E-state index contributed by atoms with van der Waals surface area (Å²) in [5.41, 5.74) is 0. The number of hydrogen-bond donors (Lipinski definition) is 0. The first-order chi connectivity index (χ1) is 8.15. The molecule has 0 saturated heterocycles. The van der Waals surface area contributed by atoms with Crippen molar-refractivity contribution in [2.24, 2.45) is 0 Å². The van der Waals surface area contributed by atoms with Gasteiger partial charge in [0.05, 0.1) is 6.61 Å². The Bertz CT molecular complexity index is 618. The first-order valence-corrected chi connectivity index (χ1v) is 6.93. The summed E-state index contributed by atoms with van der Waals surface area (Å²) in [7, 11) is -3.65. The van der Waals surface area contributed by atoms with E-state index >= 15 is 0 Å². The summed E-state index contributed by atoms with van der Waals surface area (Å²) in [6.45, 7) is 2.09. The molecular formula is C13H15NaO3S. The van der Waals surface area contributed by atoms with Crippen LogP contribution in [0.5, 0.6) is 0 Å². The molecule has 0 aromatic heterocycles. The molecule has 0 atom stereocenters. The van der Waals surface area contributed by atoms with Crippen molar-refractivity contribution in [3.63, 3.8) is 0 Å². The van der Waals surface area contributed by atoms with Gasteiger partial charge in [-0.1, -0.05) is 43.3 Å². The van der Waals surface area contributed by atoms with Crippen molar-refractivity contribution >= 4 is 50.4 Å². The zero-order chi connectivity index (χ0) is 12.3. The molecule has 0 spiro atoms. The van der Waals surface area contributed by atoms with Gasteiger partial charge in [-0.15, -0.1) is 0 Å². The molecule has 0 aliphatic heterocycles. The van der Waals surface area contributed by atoms with E-state index in [0.717, 1.165) is 5.39 Å². The van der Waals surface area contributed by atoms with E-state index in [2.05, 4.69) is 0 Å². The van der Waals surface area contributed by atoms with E-state index in [9.17, 15) is 8.42 Å². The molecule has 2 aromatic carbocycles. The molecule has 0 radical (unpaired) electrons. The Kier molecular flexibility index (Phi) is 5.82. The van der Waals surface area contributed by atoms with Gasteiger partial charge in [-0.25, -0.2) is 0 Å². The second kappa shape index (κ2) is 6.68. The topological polar surface area (TPSA) is 43.4 Å². The van der Waals surface area contributed by atoms with Crippen LogP contribution < -0.4 is 0 Å². The molecule has 0 amide bonds. The summed E-state index contributed by atoms with van der Waals surface area (Å²) in [5.74, 6) is 0. The fraction of sp³-hybridized carbons (Fsp3) is 0.231. The van der Waals surface area contributed by atoms with Crippen molar-refractivity contribution < 1.29 is 12.6 Å². The van der Waals surface area contributed by atoms with Crippen LogP contribution in [0.2, 0.25) is 0 Å². The Hall–Kier alpha value is -0.390. The van der Waals surface area contributed by atoms with Gasteiger partial charge < -0.3 is 0 Å². The maximum absolute atomic E-state index is 12.0. The third kappa shape index (κ3) is 3.33. The Morgan fingerprint density at radius 1 is 1.06 bits per heavy atom. The minimum atomic E-state index is -3.65. The van der Waals surface area contributed by atoms with Crippen LogP contribution in [0.4, 0.5) is 0 Å². The number of fused-ring (bicyclic) bond motifs is 1. The van der Waals surface area contributed by atoms with Crippen LogP contribution in [0.25, 0.3) is 10.8 Å². The molecule has 0 unspecified atom stereocenters. The van der Waals surface area contributed by atoms with Gasteiger partial charge in [0.25, 0.3) is 10.1 Å². The summed E-state index contributed by atoms with van der Waals surface area (Å²) >= 11 is 0. The van der Waals surface area contributed by atoms with Gasteiger partial charge in [-0.2, -0.15) is 8.42 Å². The molecule has 0 N–H and O–H groups in total. The van der Waals surface area contributed by atoms with Gasteiger partial charge in [0, 0.05) is 5.39 Å². The van der Waals surface area contributed by atoms with Crippen LogP contribution in [0, 0.1) is 0 Å². The molecule has 5 heteroatoms. The standard InChI is InChI=1S/C13H14O3S.Na.H/c1-2-10-16-17(14,15)13-9-5-7-11-6-3-4-8-12(11)13;;/h3-9H,2,10H2,1H3;;. The third-order valence-electron chi connectivity index (χ3n) is 2.46. The van der Waals surface area contributed by atoms with Crippen molar-refractivity contribution in [2.45, 2.75) is 18.2 Å². The van der Waals surface area contributed by atoms with Crippen molar-refractivity contribution in [2.75, 3.05) is 6.61 Å². The van der Waals surface area contributed by atoms with Crippen LogP contribution in [0.3, 0.4) is 0 Å². The normalized spacial score (nSPS) is 11.2. The van der Waals surface area contributed by atoms with E-state index in [1.807, 2.05) is 31.2 Å². The molecule has 0 fully saturated rings. The first-order valence-electron chi connectivity index (χ1n) is 5.52. The molecule has 18 heavy (non-hydrogen) atoms. The summed E-state index contributed by atoms with van der Waals surface area (Å²) in [5, 5.41) is 1.60. The summed E-state index contributed by atoms with van der Waals surface area (Å²) in [6.07, 6.45) is 0.671. The quantitative estimate of drug-likeness (QED) is 0.634. The van der Waals surface area contributed by atoms with E-state index in [0.29, 0.717) is 11.8 Å². The predicted octanol–water partition coefficient (Wildman–Crippen LogP) is 2.31. The first kappa shape index (κ1) is 15.7. The van der Waals surface area contributed by atoms with Crippen LogP contribution in [-0.4, -0.2) is 44.6 Å². The minimum absolute atomic E-state index is 0. The third-order valence-corrected chi connectivity index (χ3v) is 3.83. The van der Waals surface area contributed by atoms with Crippen LogP contribution in [0.1, 0.15) is 13.3 Å². The summed E-state index contributed by atoms with van der Waals surface area (Å²) < 4.78 is 28.9. The molecule has 0 heterocycles. The Morgan fingerprint density at radius 2 is 1.72 bits per heavy atom. The molecule has 0 aliphatic carbocycles. The summed E-state index contributed by atoms with van der Waals surface area (Å²) in [6, 6.07) is 12.6. The Labute approximate surface area is 130 Å². The maximum atomic E-state index is 12.0. The van der Waals surface area contributed by atoms with Gasteiger partial charge >= 0.3 is 29.6 Å². The zero-order valence-electron chi connectivity index (χ0n) is 9.59. The van der Waals surface area contributed by atoms with Gasteiger partial charge in [-0.05, 0) is 17.9 Å². The van der Waals surface area contributed by atoms with Gasteiger partial charge in [-0.3, -0.25) is 4.18 Å². The Balaban J connectivity index is 0.00000162. The van der Waals surface area contributed by atoms with E-state index in [-0.39, 0.29) is 41.1 Å². The second-order valence-corrected chi connectivity index (χ2v) is 5.34. The van der Waals surface area contributed by atoms with E-state index in [1.54, 1.807) is 18.2 Å². The Morgan fingerprint density at radius 3 is 2.44 bits per heavy atom. The molecule has 2 aromatic rings. The fourth-order valence-electron chi connectivity index (χ4n) is 1.67. The molecule has 3 nitrogen and oxygen atoms in total. The van der Waals surface area contributed by atoms with Crippen molar-refractivity contribution in [3.8, 4) is 0 Å². The molecule has 92 valence electrons. The number of hydrogen-bond acceptors (Lipinski definition) is 3. The molecular weight excluding hydrogens is 259 g/mol. The van der Waals surface area contributed by atoms with Crippen LogP contribution in [0.15, 0.2) is 47.4 Å². The molecule has 0 aliphatic rings. The van der Waals surface area contributed by atoms with Gasteiger partial charge in [0.15, 0.2) is 0 Å². The van der Waals surface area contributed by atoms with Gasteiger partial charge in [0.2, 0.25) is 0 Å². The monoisotopic (exact) mass is 274 g/mol. The van der Waals surface area contributed by atoms with Crippen molar-refractivity contribution in [1.29, 1.82) is 0 Å². The molecule has 0 saturated carbocycles. The summed E-state index contributed by atoms with van der Waals surface area (Å²) in [4.78, 5) is 0.240. The average molecular weight is 274 g/mol. The van der Waals surface area contributed by atoms with Crippen LogP contribution in [-0.2, 0) is 14.3 Å². The SMILES string of the molecule is CCCOS(=O)(=O)c1cccc2ccccc12.[NaH]. The van der Waals surface area contributed by atoms with Gasteiger partial charge in [0.1, 0.15) is 4.90 Å². The zero-order valence-corrected chi connectivity index (χ0v) is 10.4. The fourth-order valence-corrected chi connectivity index (χ4v) is 2.88. The molecule has 0 bridgehead atoms. The average Bonchev–Trinajstić information content (AvgIpc) is 2.36. The van der Waals surface area contributed by atoms with Crippen molar-refractivity contribution in [3.05, 3.63) is 42.5 Å². The molecule has 2 rings (SSSR count). The van der Waals surface area contributed by atoms with E-state index in [1.165, 1.54) is 0 Å².